The highest BCUT2D eigenvalue weighted by atomic mass is 32.2. The standard InChI is InChI=1S/C28H28F8N2O4S/c29-19-3-5-20(6-4-19)43(41,42)25-11-14-38(23(40)24(16-39)9-12-37-13-10-24)22(25)8-1-17-15-18(2-7-21(17)25)26(30,27(31,32)33)28(34,35)36/h2-7,15,22,37,39H,1,8-14,16H2/t22-,25-/m1/s1. The lowest BCUT2D eigenvalue weighted by atomic mass is 9.75. The Balaban J connectivity index is 1.69. The molecule has 43 heavy (non-hydrogen) atoms. The van der Waals surface area contributed by atoms with Crippen LogP contribution >= 0.6 is 0 Å². The molecule has 0 bridgehead atoms. The van der Waals surface area contributed by atoms with Crippen molar-refractivity contribution in [2.45, 2.75) is 65.8 Å². The maximum Gasteiger partial charge on any atom is 0.435 e. The van der Waals surface area contributed by atoms with Crippen molar-refractivity contribution in [2.75, 3.05) is 26.2 Å². The number of fused-ring (bicyclic) bond motifs is 3. The molecule has 2 heterocycles. The Morgan fingerprint density at radius 2 is 1.56 bits per heavy atom. The van der Waals surface area contributed by atoms with Gasteiger partial charge in [0.05, 0.1) is 23.0 Å². The predicted molar refractivity (Wildman–Crippen MR) is 137 cm³/mol. The first-order chi connectivity index (χ1) is 20.0. The highest BCUT2D eigenvalue weighted by Crippen LogP contribution is 2.57. The summed E-state index contributed by atoms with van der Waals surface area (Å²) < 4.78 is 137. The second-order valence-corrected chi connectivity index (χ2v) is 13.6. The van der Waals surface area contributed by atoms with Gasteiger partial charge in [0.15, 0.2) is 9.84 Å². The van der Waals surface area contributed by atoms with Crippen LogP contribution in [-0.4, -0.2) is 69.0 Å². The molecule has 1 aliphatic carbocycles. The summed E-state index contributed by atoms with van der Waals surface area (Å²) in [4.78, 5) is 14.9. The third-order valence-electron chi connectivity index (χ3n) is 9.25. The van der Waals surface area contributed by atoms with Crippen molar-refractivity contribution in [3.63, 3.8) is 0 Å². The summed E-state index contributed by atoms with van der Waals surface area (Å²) in [5, 5.41) is 13.3. The summed E-state index contributed by atoms with van der Waals surface area (Å²) in [6, 6.07) is 4.11. The monoisotopic (exact) mass is 640 g/mol. The lowest BCUT2D eigenvalue weighted by Crippen LogP contribution is -2.57. The summed E-state index contributed by atoms with van der Waals surface area (Å²) in [7, 11) is -4.59. The third-order valence-corrected chi connectivity index (χ3v) is 11.8. The molecule has 0 saturated carbocycles. The molecule has 1 amide bonds. The van der Waals surface area contributed by atoms with Crippen LogP contribution in [0.1, 0.15) is 42.4 Å². The molecule has 0 aromatic heterocycles. The molecule has 2 saturated heterocycles. The fourth-order valence-electron chi connectivity index (χ4n) is 6.95. The van der Waals surface area contributed by atoms with Crippen molar-refractivity contribution in [2.24, 2.45) is 5.41 Å². The van der Waals surface area contributed by atoms with Crippen LogP contribution in [0.2, 0.25) is 0 Å². The van der Waals surface area contributed by atoms with Crippen molar-refractivity contribution in [1.29, 1.82) is 0 Å². The van der Waals surface area contributed by atoms with Crippen molar-refractivity contribution in [1.82, 2.24) is 10.2 Å². The van der Waals surface area contributed by atoms with Crippen LogP contribution in [0.5, 0.6) is 0 Å². The molecule has 0 unspecified atom stereocenters. The Morgan fingerprint density at radius 3 is 2.12 bits per heavy atom. The average molecular weight is 641 g/mol. The van der Waals surface area contributed by atoms with Crippen LogP contribution in [0.15, 0.2) is 47.4 Å². The van der Waals surface area contributed by atoms with Gasteiger partial charge in [-0.1, -0.05) is 18.2 Å². The fourth-order valence-corrected chi connectivity index (χ4v) is 9.31. The van der Waals surface area contributed by atoms with Gasteiger partial charge in [0.2, 0.25) is 5.91 Å². The Kier molecular flexibility index (Phi) is 7.65. The van der Waals surface area contributed by atoms with Gasteiger partial charge < -0.3 is 15.3 Å². The van der Waals surface area contributed by atoms with Crippen LogP contribution in [-0.2, 0) is 31.5 Å². The van der Waals surface area contributed by atoms with Gasteiger partial charge in [0.25, 0.3) is 0 Å². The number of rotatable bonds is 5. The number of hydrogen-bond acceptors (Lipinski definition) is 5. The van der Waals surface area contributed by atoms with E-state index in [9.17, 15) is 53.4 Å². The number of aliphatic hydroxyl groups excluding tert-OH is 1. The van der Waals surface area contributed by atoms with Crippen LogP contribution in [0, 0.1) is 11.2 Å². The number of carbonyl (C=O) groups is 1. The van der Waals surface area contributed by atoms with Gasteiger partial charge in [-0.25, -0.2) is 17.2 Å². The number of alkyl halides is 7. The lowest BCUT2D eigenvalue weighted by molar-refractivity contribution is -0.348. The highest BCUT2D eigenvalue weighted by molar-refractivity contribution is 7.92. The van der Waals surface area contributed by atoms with Crippen LogP contribution < -0.4 is 5.32 Å². The number of carbonyl (C=O) groups excluding carboxylic acids is 1. The van der Waals surface area contributed by atoms with Crippen LogP contribution in [0.4, 0.5) is 35.1 Å². The number of amides is 1. The van der Waals surface area contributed by atoms with E-state index >= 15 is 0 Å². The number of sulfone groups is 1. The van der Waals surface area contributed by atoms with E-state index in [0.29, 0.717) is 19.2 Å². The lowest BCUT2D eigenvalue weighted by Gasteiger charge is -2.45. The summed E-state index contributed by atoms with van der Waals surface area (Å²) in [6.07, 6.45) is -12.9. The van der Waals surface area contributed by atoms with Crippen LogP contribution in [0.3, 0.4) is 0 Å². The molecule has 3 aliphatic rings. The molecular weight excluding hydrogens is 612 g/mol. The zero-order valence-electron chi connectivity index (χ0n) is 22.5. The van der Waals surface area contributed by atoms with E-state index in [4.69, 9.17) is 0 Å². The number of hydrogen-bond donors (Lipinski definition) is 2. The zero-order valence-corrected chi connectivity index (χ0v) is 23.4. The van der Waals surface area contributed by atoms with Crippen molar-refractivity contribution < 1.29 is 53.4 Å². The molecule has 0 spiro atoms. The van der Waals surface area contributed by atoms with E-state index in [2.05, 4.69) is 5.32 Å². The molecule has 2 aliphatic heterocycles. The Labute approximate surface area is 242 Å². The Morgan fingerprint density at radius 1 is 0.953 bits per heavy atom. The van der Waals surface area contributed by atoms with Gasteiger partial charge in [-0.3, -0.25) is 4.79 Å². The molecule has 2 aromatic carbocycles. The first-order valence-electron chi connectivity index (χ1n) is 13.6. The molecule has 0 radical (unpaired) electrons. The number of aliphatic hydroxyl groups is 1. The van der Waals surface area contributed by atoms with Gasteiger partial charge in [-0.15, -0.1) is 0 Å². The first kappa shape index (κ1) is 31.6. The van der Waals surface area contributed by atoms with Crippen molar-refractivity contribution >= 4 is 15.7 Å². The van der Waals surface area contributed by atoms with E-state index in [1.165, 1.54) is 4.90 Å². The van der Waals surface area contributed by atoms with Crippen molar-refractivity contribution in [3.8, 4) is 0 Å². The molecule has 15 heteroatoms. The molecule has 236 valence electrons. The van der Waals surface area contributed by atoms with Gasteiger partial charge >= 0.3 is 18.0 Å². The molecule has 5 rings (SSSR count). The van der Waals surface area contributed by atoms with Crippen LogP contribution in [0.25, 0.3) is 0 Å². The normalized spacial score (nSPS) is 24.4. The van der Waals surface area contributed by atoms with Gasteiger partial charge in [0, 0.05) is 12.1 Å². The van der Waals surface area contributed by atoms with E-state index < -0.39 is 68.0 Å². The molecule has 2 aromatic rings. The summed E-state index contributed by atoms with van der Waals surface area (Å²) >= 11 is 0. The quantitative estimate of drug-likeness (QED) is 0.366. The average Bonchev–Trinajstić information content (AvgIpc) is 3.37. The minimum absolute atomic E-state index is 0.140. The number of likely N-dealkylation sites (tertiary alicyclic amines) is 1. The van der Waals surface area contributed by atoms with Gasteiger partial charge in [-0.2, -0.15) is 26.3 Å². The first-order valence-corrected chi connectivity index (χ1v) is 15.0. The van der Waals surface area contributed by atoms with E-state index in [-0.39, 0.29) is 60.7 Å². The Bertz CT molecular complexity index is 1490. The number of halogens is 8. The number of piperidine rings is 1. The number of nitrogens with zero attached hydrogens (tertiary/aromatic N) is 1. The second-order valence-electron chi connectivity index (χ2n) is 11.4. The van der Waals surface area contributed by atoms with E-state index in [0.717, 1.165) is 30.3 Å². The molecule has 2 fully saturated rings. The van der Waals surface area contributed by atoms with E-state index in [1.54, 1.807) is 0 Å². The smallest absolute Gasteiger partial charge is 0.395 e. The molecule has 6 nitrogen and oxygen atoms in total. The second kappa shape index (κ2) is 10.4. The van der Waals surface area contributed by atoms with Gasteiger partial charge in [0.1, 0.15) is 10.6 Å². The molecular formula is C28H28F8N2O4S. The SMILES string of the molecule is O=C(N1CC[C@@]2(S(=O)(=O)c3ccc(F)cc3)c3ccc(C(F)(C(F)(F)F)C(F)(F)F)cc3CC[C@@H]12)C1(CO)CCNCC1. The zero-order chi connectivity index (χ0) is 31.6. The molecule has 2 atom stereocenters. The fraction of sp³-hybridized carbons (Fsp3) is 0.536. The third kappa shape index (κ3) is 4.55. The minimum atomic E-state index is -6.36. The minimum Gasteiger partial charge on any atom is -0.395 e. The summed E-state index contributed by atoms with van der Waals surface area (Å²) in [5.74, 6) is -1.26. The number of aryl methyl sites for hydroxylation is 1. The maximum absolute atomic E-state index is 15.0. The maximum atomic E-state index is 15.0. The van der Waals surface area contributed by atoms with E-state index in [1.807, 2.05) is 0 Å². The largest absolute Gasteiger partial charge is 0.435 e. The highest BCUT2D eigenvalue weighted by Gasteiger charge is 2.74. The van der Waals surface area contributed by atoms with Gasteiger partial charge in [-0.05, 0) is 80.6 Å². The predicted octanol–water partition coefficient (Wildman–Crippen LogP) is 4.69. The Hall–Kier alpha value is -2.78. The summed E-state index contributed by atoms with van der Waals surface area (Å²) in [5.41, 5.74) is -9.04. The number of benzene rings is 2. The molecule has 2 N–H and O–H groups in total. The number of nitrogens with one attached hydrogen (secondary N) is 1. The summed E-state index contributed by atoms with van der Waals surface area (Å²) in [6.45, 7) is 0.179. The van der Waals surface area contributed by atoms with Crippen molar-refractivity contribution in [3.05, 3.63) is 65.0 Å². The topological polar surface area (TPSA) is 86.7 Å².